The van der Waals surface area contributed by atoms with Gasteiger partial charge in [0.1, 0.15) is 29.3 Å². The van der Waals surface area contributed by atoms with Gasteiger partial charge in [0.2, 0.25) is 0 Å². The SMILES string of the molecule is CCCCCC(C)CC(C)/C=C(/C=C(C)/C=C/C(O)C(C)(C)c1cc(O)c([C@@H]2O[C@H](CO)C[C@H](O)[C@H]2O)c(=O)o1)CO. The average molecular weight is 593 g/mol. The highest BCUT2D eigenvalue weighted by Crippen LogP contribution is 2.37. The molecule has 1 aromatic heterocycles. The van der Waals surface area contributed by atoms with E-state index in [1.54, 1.807) is 26.0 Å². The van der Waals surface area contributed by atoms with E-state index < -0.39 is 53.9 Å². The van der Waals surface area contributed by atoms with Crippen molar-refractivity contribution in [3.8, 4) is 5.75 Å². The average Bonchev–Trinajstić information content (AvgIpc) is 2.92. The third kappa shape index (κ3) is 9.89. The van der Waals surface area contributed by atoms with Gasteiger partial charge in [-0.05, 0) is 44.6 Å². The van der Waals surface area contributed by atoms with Crippen LogP contribution in [0.1, 0.15) is 97.5 Å². The Kier molecular flexibility index (Phi) is 14.1. The van der Waals surface area contributed by atoms with E-state index in [4.69, 9.17) is 9.15 Å². The van der Waals surface area contributed by atoms with E-state index >= 15 is 0 Å². The Balaban J connectivity index is 2.17. The molecule has 0 aliphatic carbocycles. The van der Waals surface area contributed by atoms with Crippen molar-refractivity contribution in [2.45, 2.75) is 116 Å². The summed E-state index contributed by atoms with van der Waals surface area (Å²) in [6.07, 6.45) is 7.08. The van der Waals surface area contributed by atoms with E-state index in [1.165, 1.54) is 31.7 Å². The molecule has 1 saturated heterocycles. The fraction of sp³-hybridized carbons (Fsp3) is 0.667. The number of aromatic hydroxyl groups is 1. The topological polar surface area (TPSA) is 161 Å². The molecule has 6 N–H and O–H groups in total. The quantitative estimate of drug-likeness (QED) is 0.130. The Bertz CT molecular complexity index is 1130. The summed E-state index contributed by atoms with van der Waals surface area (Å²) in [5, 5.41) is 61.6. The van der Waals surface area contributed by atoms with E-state index in [0.29, 0.717) is 11.8 Å². The minimum Gasteiger partial charge on any atom is -0.507 e. The van der Waals surface area contributed by atoms with Gasteiger partial charge in [-0.3, -0.25) is 0 Å². The molecule has 7 atom stereocenters. The van der Waals surface area contributed by atoms with Crippen LogP contribution in [0.4, 0.5) is 0 Å². The lowest BCUT2D eigenvalue weighted by molar-refractivity contribution is -0.180. The molecular formula is C33H52O9. The van der Waals surface area contributed by atoms with Gasteiger partial charge in [0.15, 0.2) is 0 Å². The molecule has 1 aliphatic heterocycles. The Morgan fingerprint density at radius 3 is 2.48 bits per heavy atom. The molecule has 42 heavy (non-hydrogen) atoms. The van der Waals surface area contributed by atoms with Gasteiger partial charge < -0.3 is 39.8 Å². The summed E-state index contributed by atoms with van der Waals surface area (Å²) < 4.78 is 11.0. The van der Waals surface area contributed by atoms with E-state index in [9.17, 15) is 35.4 Å². The number of ether oxygens (including phenoxy) is 1. The van der Waals surface area contributed by atoms with E-state index in [0.717, 1.165) is 17.6 Å². The second-order valence-electron chi connectivity index (χ2n) is 12.5. The largest absolute Gasteiger partial charge is 0.507 e. The maximum atomic E-state index is 12.9. The summed E-state index contributed by atoms with van der Waals surface area (Å²) >= 11 is 0. The smallest absolute Gasteiger partial charge is 0.345 e. The predicted octanol–water partition coefficient (Wildman–Crippen LogP) is 4.19. The van der Waals surface area contributed by atoms with Crippen LogP contribution in [0.3, 0.4) is 0 Å². The molecule has 0 aromatic carbocycles. The zero-order valence-electron chi connectivity index (χ0n) is 26.0. The third-order valence-electron chi connectivity index (χ3n) is 8.09. The van der Waals surface area contributed by atoms with Crippen LogP contribution in [0.5, 0.6) is 5.75 Å². The fourth-order valence-electron chi connectivity index (χ4n) is 5.43. The normalized spacial score (nSPS) is 24.6. The number of hydrogen-bond acceptors (Lipinski definition) is 9. The Morgan fingerprint density at radius 2 is 1.88 bits per heavy atom. The highest BCUT2D eigenvalue weighted by atomic mass is 16.5. The lowest BCUT2D eigenvalue weighted by Crippen LogP contribution is -2.46. The molecule has 0 bridgehead atoms. The van der Waals surface area contributed by atoms with Crippen molar-refractivity contribution in [2.75, 3.05) is 13.2 Å². The van der Waals surface area contributed by atoms with Crippen LogP contribution in [0.15, 0.2) is 50.7 Å². The summed E-state index contributed by atoms with van der Waals surface area (Å²) in [7, 11) is 0. The highest BCUT2D eigenvalue weighted by Gasteiger charge is 2.41. The standard InChI is InChI=1S/C33H52O9/c1-7-8-9-10-20(2)13-22(4)15-23(18-34)14-21(3)11-12-27(38)33(5,6)28-17-25(36)29(32(40)42-28)31-30(39)26(37)16-24(19-35)41-31/h11-12,14-15,17,20,22,24,26-27,30-31,34-39H,7-10,13,16,18-19H2,1-6H3/b12-11+,21-14+,23-15-/t20?,22?,24-,26-,27?,30+,31-/m0/s1. The van der Waals surface area contributed by atoms with Gasteiger partial charge in [-0.2, -0.15) is 0 Å². The maximum Gasteiger partial charge on any atom is 0.345 e. The molecule has 1 fully saturated rings. The zero-order valence-corrected chi connectivity index (χ0v) is 26.0. The molecule has 0 spiro atoms. The molecule has 0 amide bonds. The van der Waals surface area contributed by atoms with Crippen molar-refractivity contribution in [3.05, 3.63) is 63.3 Å². The molecular weight excluding hydrogens is 540 g/mol. The van der Waals surface area contributed by atoms with Gasteiger partial charge >= 0.3 is 5.63 Å². The van der Waals surface area contributed by atoms with Gasteiger partial charge in [0, 0.05) is 12.5 Å². The molecule has 9 nitrogen and oxygen atoms in total. The summed E-state index contributed by atoms with van der Waals surface area (Å²) in [5.74, 6) is 0.429. The highest BCUT2D eigenvalue weighted by molar-refractivity contribution is 5.36. The first kappa shape index (κ1) is 35.9. The molecule has 1 aliphatic rings. The summed E-state index contributed by atoms with van der Waals surface area (Å²) in [6, 6.07) is 1.19. The van der Waals surface area contributed by atoms with E-state index in [2.05, 4.69) is 26.8 Å². The van der Waals surface area contributed by atoms with Crippen LogP contribution in [0, 0.1) is 11.8 Å². The minimum absolute atomic E-state index is 0.00918. The van der Waals surface area contributed by atoms with Gasteiger partial charge in [-0.25, -0.2) is 4.79 Å². The lowest BCUT2D eigenvalue weighted by atomic mass is 9.82. The molecule has 238 valence electrons. The van der Waals surface area contributed by atoms with Crippen LogP contribution < -0.4 is 5.63 Å². The van der Waals surface area contributed by atoms with Gasteiger partial charge in [-0.1, -0.05) is 76.3 Å². The molecule has 3 unspecified atom stereocenters. The zero-order chi connectivity index (χ0) is 31.6. The van der Waals surface area contributed by atoms with Crippen LogP contribution in [0.25, 0.3) is 0 Å². The van der Waals surface area contributed by atoms with Crippen LogP contribution in [-0.4, -0.2) is 68.3 Å². The van der Waals surface area contributed by atoms with Gasteiger partial charge in [-0.15, -0.1) is 0 Å². The first-order valence-electron chi connectivity index (χ1n) is 15.1. The number of aliphatic hydroxyl groups is 5. The lowest BCUT2D eigenvalue weighted by Gasteiger charge is -2.36. The molecule has 2 rings (SSSR count). The van der Waals surface area contributed by atoms with Crippen LogP contribution in [-0.2, 0) is 10.2 Å². The second-order valence-corrected chi connectivity index (χ2v) is 12.5. The van der Waals surface area contributed by atoms with Crippen molar-refractivity contribution in [1.29, 1.82) is 0 Å². The predicted molar refractivity (Wildman–Crippen MR) is 162 cm³/mol. The molecule has 9 heteroatoms. The minimum atomic E-state index is -1.50. The van der Waals surface area contributed by atoms with E-state index in [1.807, 2.05) is 13.0 Å². The Morgan fingerprint density at radius 1 is 1.19 bits per heavy atom. The Hall–Kier alpha value is -2.27. The van der Waals surface area contributed by atoms with Crippen molar-refractivity contribution in [2.24, 2.45) is 11.8 Å². The van der Waals surface area contributed by atoms with Crippen molar-refractivity contribution < 1.29 is 39.8 Å². The van der Waals surface area contributed by atoms with Crippen molar-refractivity contribution in [3.63, 3.8) is 0 Å². The molecule has 2 heterocycles. The number of aliphatic hydroxyl groups excluding tert-OH is 5. The number of allylic oxidation sites excluding steroid dienone is 3. The van der Waals surface area contributed by atoms with Gasteiger partial charge in [0.05, 0.1) is 36.9 Å². The van der Waals surface area contributed by atoms with Crippen molar-refractivity contribution >= 4 is 0 Å². The number of hydrogen-bond donors (Lipinski definition) is 6. The van der Waals surface area contributed by atoms with Gasteiger partial charge in [0.25, 0.3) is 0 Å². The molecule has 0 radical (unpaired) electrons. The number of unbranched alkanes of at least 4 members (excludes halogenated alkanes) is 2. The third-order valence-corrected chi connectivity index (χ3v) is 8.09. The maximum absolute atomic E-state index is 12.9. The molecule has 1 aromatic rings. The monoisotopic (exact) mass is 592 g/mol. The summed E-state index contributed by atoms with van der Waals surface area (Å²) in [6.45, 7) is 11.3. The first-order chi connectivity index (χ1) is 19.7. The van der Waals surface area contributed by atoms with E-state index in [-0.39, 0.29) is 24.4 Å². The first-order valence-corrected chi connectivity index (χ1v) is 15.1. The fourth-order valence-corrected chi connectivity index (χ4v) is 5.43. The molecule has 0 saturated carbocycles. The summed E-state index contributed by atoms with van der Waals surface area (Å²) in [5.41, 5.74) is -0.870. The number of rotatable bonds is 15. The second kappa shape index (κ2) is 16.5. The van der Waals surface area contributed by atoms with Crippen LogP contribution in [0.2, 0.25) is 0 Å². The van der Waals surface area contributed by atoms with Crippen molar-refractivity contribution in [1.82, 2.24) is 0 Å². The Labute approximate surface area is 249 Å². The summed E-state index contributed by atoms with van der Waals surface area (Å²) in [4.78, 5) is 12.9. The van der Waals surface area contributed by atoms with Crippen LogP contribution >= 0.6 is 0 Å².